The molecule has 15 heavy (non-hydrogen) atoms. The Morgan fingerprint density at radius 1 is 1.47 bits per heavy atom. The minimum absolute atomic E-state index is 0.0464. The molecule has 1 heterocycles. The molecular weight excluding hydrogens is 201 g/mol. The second-order valence-electron chi connectivity index (χ2n) is 2.96. The lowest BCUT2D eigenvalue weighted by molar-refractivity contribution is 0.0693. The highest BCUT2D eigenvalue weighted by molar-refractivity contribution is 5.98. The standard InChI is InChI=1S/C10H6FNO3/c11-7-4-6(10(14)15)9(13)8-5(7)2-1-3-12-8/h1-4,13H,(H,14,15). The normalized spacial score (nSPS) is 10.5. The van der Waals surface area contributed by atoms with Crippen LogP contribution in [0.15, 0.2) is 24.4 Å². The fraction of sp³-hybridized carbons (Fsp3) is 0. The number of hydrogen-bond donors (Lipinski definition) is 2. The van der Waals surface area contributed by atoms with Gasteiger partial charge in [0.15, 0.2) is 5.75 Å². The zero-order valence-electron chi connectivity index (χ0n) is 7.44. The van der Waals surface area contributed by atoms with Gasteiger partial charge in [0, 0.05) is 11.6 Å². The Balaban J connectivity index is 2.90. The first kappa shape index (κ1) is 9.39. The van der Waals surface area contributed by atoms with Gasteiger partial charge in [-0.25, -0.2) is 9.18 Å². The van der Waals surface area contributed by atoms with Crippen LogP contribution in [0.2, 0.25) is 0 Å². The van der Waals surface area contributed by atoms with E-state index >= 15 is 0 Å². The third kappa shape index (κ3) is 1.38. The summed E-state index contributed by atoms with van der Waals surface area (Å²) in [5.74, 6) is -2.62. The van der Waals surface area contributed by atoms with Gasteiger partial charge in [0.05, 0.1) is 0 Å². The minimum atomic E-state index is -1.39. The maximum atomic E-state index is 13.4. The highest BCUT2D eigenvalue weighted by atomic mass is 19.1. The summed E-state index contributed by atoms with van der Waals surface area (Å²) in [4.78, 5) is 14.4. The third-order valence-electron chi connectivity index (χ3n) is 2.05. The second-order valence-corrected chi connectivity index (χ2v) is 2.96. The highest BCUT2D eigenvalue weighted by Crippen LogP contribution is 2.28. The summed E-state index contributed by atoms with van der Waals surface area (Å²) in [5, 5.41) is 18.3. The Bertz CT molecular complexity index is 554. The van der Waals surface area contributed by atoms with Crippen LogP contribution in [0.4, 0.5) is 4.39 Å². The Morgan fingerprint density at radius 3 is 2.87 bits per heavy atom. The van der Waals surface area contributed by atoms with Crippen LogP contribution in [-0.2, 0) is 0 Å². The molecule has 1 aromatic heterocycles. The van der Waals surface area contributed by atoms with E-state index in [4.69, 9.17) is 5.11 Å². The van der Waals surface area contributed by atoms with Gasteiger partial charge in [0.25, 0.3) is 0 Å². The van der Waals surface area contributed by atoms with E-state index in [0.29, 0.717) is 0 Å². The number of fused-ring (bicyclic) bond motifs is 1. The number of halogens is 1. The molecule has 2 aromatic rings. The maximum absolute atomic E-state index is 13.4. The SMILES string of the molecule is O=C(O)c1cc(F)c2cccnc2c1O. The number of aromatic carboxylic acids is 1. The van der Waals surface area contributed by atoms with E-state index < -0.39 is 23.1 Å². The first-order chi connectivity index (χ1) is 7.11. The molecule has 0 unspecified atom stereocenters. The Morgan fingerprint density at radius 2 is 2.20 bits per heavy atom. The number of nitrogens with zero attached hydrogens (tertiary/aromatic N) is 1. The van der Waals surface area contributed by atoms with Gasteiger partial charge in [-0.2, -0.15) is 0 Å². The van der Waals surface area contributed by atoms with Gasteiger partial charge in [-0.05, 0) is 18.2 Å². The molecule has 2 N–H and O–H groups in total. The number of carboxylic acid groups (broad SMARTS) is 1. The van der Waals surface area contributed by atoms with Crippen LogP contribution in [0, 0.1) is 5.82 Å². The molecule has 0 spiro atoms. The molecule has 4 nitrogen and oxygen atoms in total. The van der Waals surface area contributed by atoms with E-state index in [0.717, 1.165) is 6.07 Å². The van der Waals surface area contributed by atoms with Crippen LogP contribution in [0.25, 0.3) is 10.9 Å². The summed E-state index contributed by atoms with van der Waals surface area (Å²) in [6.45, 7) is 0. The molecule has 5 heteroatoms. The number of aromatic hydroxyl groups is 1. The van der Waals surface area contributed by atoms with Crippen LogP contribution >= 0.6 is 0 Å². The van der Waals surface area contributed by atoms with E-state index in [1.165, 1.54) is 18.3 Å². The van der Waals surface area contributed by atoms with Crippen molar-refractivity contribution in [2.75, 3.05) is 0 Å². The van der Waals surface area contributed by atoms with Gasteiger partial charge >= 0.3 is 5.97 Å². The first-order valence-corrected chi connectivity index (χ1v) is 4.10. The van der Waals surface area contributed by atoms with Crippen molar-refractivity contribution >= 4 is 16.9 Å². The molecule has 0 radical (unpaired) electrons. The fourth-order valence-corrected chi connectivity index (χ4v) is 1.35. The smallest absolute Gasteiger partial charge is 0.339 e. The summed E-state index contributed by atoms with van der Waals surface area (Å²) in [6, 6.07) is 3.70. The van der Waals surface area contributed by atoms with E-state index in [2.05, 4.69) is 4.98 Å². The van der Waals surface area contributed by atoms with Crippen molar-refractivity contribution < 1.29 is 19.4 Å². The van der Waals surface area contributed by atoms with Crippen molar-refractivity contribution in [3.05, 3.63) is 35.8 Å². The van der Waals surface area contributed by atoms with E-state index in [1.54, 1.807) is 0 Å². The number of hydrogen-bond acceptors (Lipinski definition) is 3. The minimum Gasteiger partial charge on any atom is -0.505 e. The zero-order valence-corrected chi connectivity index (χ0v) is 7.44. The summed E-state index contributed by atoms with van der Waals surface area (Å²) in [5.41, 5.74) is -0.534. The average molecular weight is 207 g/mol. The van der Waals surface area contributed by atoms with Crippen molar-refractivity contribution in [3.8, 4) is 5.75 Å². The molecule has 0 bridgehead atoms. The lowest BCUT2D eigenvalue weighted by atomic mass is 10.1. The Hall–Kier alpha value is -2.17. The molecule has 2 rings (SSSR count). The molecule has 0 fully saturated rings. The number of carbonyl (C=O) groups is 1. The molecule has 0 saturated carbocycles. The number of phenols is 1. The van der Waals surface area contributed by atoms with Crippen LogP contribution in [0.5, 0.6) is 5.75 Å². The molecule has 0 aliphatic heterocycles. The van der Waals surface area contributed by atoms with Gasteiger partial charge in [-0.15, -0.1) is 0 Å². The first-order valence-electron chi connectivity index (χ1n) is 4.10. The highest BCUT2D eigenvalue weighted by Gasteiger charge is 2.16. The lowest BCUT2D eigenvalue weighted by Crippen LogP contribution is -1.99. The van der Waals surface area contributed by atoms with Crippen LogP contribution in [0.3, 0.4) is 0 Å². The number of rotatable bonds is 1. The van der Waals surface area contributed by atoms with Crippen LogP contribution in [-0.4, -0.2) is 21.2 Å². The fourth-order valence-electron chi connectivity index (χ4n) is 1.35. The monoisotopic (exact) mass is 207 g/mol. The topological polar surface area (TPSA) is 70.4 Å². The molecule has 0 aliphatic rings. The molecule has 0 amide bonds. The van der Waals surface area contributed by atoms with Crippen LogP contribution in [0.1, 0.15) is 10.4 Å². The quantitative estimate of drug-likeness (QED) is 0.747. The van der Waals surface area contributed by atoms with E-state index in [-0.39, 0.29) is 10.9 Å². The van der Waals surface area contributed by atoms with Gasteiger partial charge in [0.2, 0.25) is 0 Å². The molecule has 1 aromatic carbocycles. The average Bonchev–Trinajstić information content (AvgIpc) is 2.23. The number of aromatic nitrogens is 1. The zero-order chi connectivity index (χ0) is 11.0. The molecule has 76 valence electrons. The molecule has 0 saturated heterocycles. The van der Waals surface area contributed by atoms with Crippen molar-refractivity contribution in [3.63, 3.8) is 0 Å². The van der Waals surface area contributed by atoms with Crippen molar-refractivity contribution in [2.45, 2.75) is 0 Å². The Labute approximate surface area is 83.6 Å². The lowest BCUT2D eigenvalue weighted by Gasteiger charge is -2.04. The van der Waals surface area contributed by atoms with Crippen LogP contribution < -0.4 is 0 Å². The summed E-state index contributed by atoms with van der Waals surface area (Å²) < 4.78 is 13.4. The van der Waals surface area contributed by atoms with Gasteiger partial charge in [0.1, 0.15) is 16.9 Å². The molecule has 0 atom stereocenters. The third-order valence-corrected chi connectivity index (χ3v) is 2.05. The summed E-state index contributed by atoms with van der Waals surface area (Å²) in [7, 11) is 0. The number of pyridine rings is 1. The Kier molecular flexibility index (Phi) is 2.00. The molecular formula is C10H6FNO3. The summed E-state index contributed by atoms with van der Waals surface area (Å²) >= 11 is 0. The predicted octanol–water partition coefficient (Wildman–Crippen LogP) is 1.78. The van der Waals surface area contributed by atoms with Gasteiger partial charge < -0.3 is 10.2 Å². The second kappa shape index (κ2) is 3.20. The van der Waals surface area contributed by atoms with E-state index in [1.807, 2.05) is 0 Å². The van der Waals surface area contributed by atoms with Crippen molar-refractivity contribution in [2.24, 2.45) is 0 Å². The van der Waals surface area contributed by atoms with Gasteiger partial charge in [-0.3, -0.25) is 4.98 Å². The maximum Gasteiger partial charge on any atom is 0.339 e. The van der Waals surface area contributed by atoms with Gasteiger partial charge in [-0.1, -0.05) is 0 Å². The van der Waals surface area contributed by atoms with E-state index in [9.17, 15) is 14.3 Å². The predicted molar refractivity (Wildman–Crippen MR) is 50.3 cm³/mol. The van der Waals surface area contributed by atoms with Crippen molar-refractivity contribution in [1.29, 1.82) is 0 Å². The summed E-state index contributed by atoms with van der Waals surface area (Å²) in [6.07, 6.45) is 1.35. The van der Waals surface area contributed by atoms with Crippen molar-refractivity contribution in [1.82, 2.24) is 4.98 Å². The number of benzene rings is 1. The molecule has 0 aliphatic carbocycles. The largest absolute Gasteiger partial charge is 0.505 e. The number of carboxylic acids is 1.